The fraction of sp³-hybridized carbons (Fsp3) is 0.375. The molecule has 2 heterocycles. The van der Waals surface area contributed by atoms with E-state index in [0.717, 1.165) is 6.54 Å². The van der Waals surface area contributed by atoms with Gasteiger partial charge in [-0.2, -0.15) is 13.9 Å². The van der Waals surface area contributed by atoms with Gasteiger partial charge < -0.3 is 15.0 Å². The van der Waals surface area contributed by atoms with Gasteiger partial charge in [-0.3, -0.25) is 9.89 Å². The Morgan fingerprint density at radius 3 is 3.04 bits per heavy atom. The highest BCUT2D eigenvalue weighted by Crippen LogP contribution is 2.27. The Balaban J connectivity index is 1.86. The number of H-pyrrole nitrogens is 1. The van der Waals surface area contributed by atoms with E-state index in [1.807, 2.05) is 6.92 Å². The van der Waals surface area contributed by atoms with E-state index >= 15 is 0 Å². The first-order valence-electron chi connectivity index (χ1n) is 7.66. The molecule has 6 nitrogen and oxygen atoms in total. The zero-order valence-electron chi connectivity index (χ0n) is 13.1. The van der Waals surface area contributed by atoms with Crippen molar-refractivity contribution in [3.63, 3.8) is 0 Å². The maximum Gasteiger partial charge on any atom is 0.387 e. The molecule has 0 spiro atoms. The number of carbonyl (C=O) groups is 1. The lowest BCUT2D eigenvalue weighted by Gasteiger charge is -2.31. The topological polar surface area (TPSA) is 70.2 Å². The number of alkyl halides is 2. The molecule has 1 aromatic carbocycles. The van der Waals surface area contributed by atoms with E-state index in [4.69, 9.17) is 0 Å². The monoisotopic (exact) mass is 336 g/mol. The van der Waals surface area contributed by atoms with Crippen LogP contribution in [-0.2, 0) is 0 Å². The molecule has 1 aromatic heterocycles. The van der Waals surface area contributed by atoms with Crippen molar-refractivity contribution in [2.75, 3.05) is 19.6 Å². The first-order valence-corrected chi connectivity index (χ1v) is 7.66. The van der Waals surface area contributed by atoms with Gasteiger partial charge in [-0.1, -0.05) is 12.1 Å². The van der Waals surface area contributed by atoms with Gasteiger partial charge in [0.05, 0.1) is 17.5 Å². The standard InChI is InChI=1S/C16H18F2N4O2/c1-10-9-22(6-5-19-10)15(23)13-8-20-21-14(13)11-3-2-4-12(7-11)24-16(17)18/h2-4,7-8,10,16,19H,5-6,9H2,1H3,(H,20,21). The zero-order chi connectivity index (χ0) is 17.1. The first kappa shape index (κ1) is 16.4. The predicted octanol–water partition coefficient (Wildman–Crippen LogP) is 2.11. The summed E-state index contributed by atoms with van der Waals surface area (Å²) in [5, 5.41) is 10.0. The number of halogens is 2. The Labute approximate surface area is 137 Å². The van der Waals surface area contributed by atoms with Crippen LogP contribution in [-0.4, -0.2) is 53.3 Å². The normalized spacial score (nSPS) is 18.0. The number of rotatable bonds is 4. The molecule has 0 radical (unpaired) electrons. The first-order chi connectivity index (χ1) is 11.5. The maximum atomic E-state index is 12.8. The fourth-order valence-electron chi connectivity index (χ4n) is 2.78. The Kier molecular flexibility index (Phi) is 4.75. The molecular formula is C16H18F2N4O2. The Hall–Kier alpha value is -2.48. The molecule has 1 unspecified atom stereocenters. The number of amides is 1. The molecule has 1 atom stereocenters. The highest BCUT2D eigenvalue weighted by Gasteiger charge is 2.25. The highest BCUT2D eigenvalue weighted by atomic mass is 19.3. The van der Waals surface area contributed by atoms with Gasteiger partial charge in [0, 0.05) is 31.2 Å². The lowest BCUT2D eigenvalue weighted by Crippen LogP contribution is -2.51. The average Bonchev–Trinajstić information content (AvgIpc) is 3.03. The summed E-state index contributed by atoms with van der Waals surface area (Å²) in [6.45, 7) is 1.07. The van der Waals surface area contributed by atoms with Crippen molar-refractivity contribution in [2.45, 2.75) is 19.6 Å². The summed E-state index contributed by atoms with van der Waals surface area (Å²) < 4.78 is 29.2. The molecule has 1 aliphatic heterocycles. The van der Waals surface area contributed by atoms with Crippen molar-refractivity contribution in [3.05, 3.63) is 36.0 Å². The summed E-state index contributed by atoms with van der Waals surface area (Å²) in [6.07, 6.45) is 1.46. The summed E-state index contributed by atoms with van der Waals surface area (Å²) in [6, 6.07) is 6.42. The van der Waals surface area contributed by atoms with Crippen molar-refractivity contribution in [1.82, 2.24) is 20.4 Å². The number of piperazine rings is 1. The van der Waals surface area contributed by atoms with Crippen LogP contribution in [0.25, 0.3) is 11.3 Å². The summed E-state index contributed by atoms with van der Waals surface area (Å²) in [7, 11) is 0. The zero-order valence-corrected chi connectivity index (χ0v) is 13.1. The van der Waals surface area contributed by atoms with Gasteiger partial charge in [0.15, 0.2) is 0 Å². The number of hydrogen-bond donors (Lipinski definition) is 2. The maximum absolute atomic E-state index is 12.8. The minimum absolute atomic E-state index is 0.0336. The molecule has 1 fully saturated rings. The van der Waals surface area contributed by atoms with Crippen molar-refractivity contribution in [2.24, 2.45) is 0 Å². The molecule has 1 aliphatic rings. The summed E-state index contributed by atoms with van der Waals surface area (Å²) in [5.41, 5.74) is 1.47. The third kappa shape index (κ3) is 3.53. The molecule has 0 aliphatic carbocycles. The van der Waals surface area contributed by atoms with Gasteiger partial charge in [-0.15, -0.1) is 0 Å². The van der Waals surface area contributed by atoms with Crippen LogP contribution >= 0.6 is 0 Å². The fourth-order valence-corrected chi connectivity index (χ4v) is 2.78. The summed E-state index contributed by atoms with van der Waals surface area (Å²) in [4.78, 5) is 14.5. The van der Waals surface area contributed by atoms with Crippen LogP contribution in [0.2, 0.25) is 0 Å². The number of aromatic amines is 1. The van der Waals surface area contributed by atoms with E-state index < -0.39 is 6.61 Å². The van der Waals surface area contributed by atoms with Crippen molar-refractivity contribution in [3.8, 4) is 17.0 Å². The summed E-state index contributed by atoms with van der Waals surface area (Å²) in [5.74, 6) is -0.0985. The number of aromatic nitrogens is 2. The average molecular weight is 336 g/mol. The second kappa shape index (κ2) is 6.96. The van der Waals surface area contributed by atoms with E-state index in [0.29, 0.717) is 29.9 Å². The van der Waals surface area contributed by atoms with Gasteiger partial charge in [0.1, 0.15) is 5.75 Å². The molecule has 2 N–H and O–H groups in total. The van der Waals surface area contributed by atoms with E-state index in [2.05, 4.69) is 20.3 Å². The number of nitrogens with one attached hydrogen (secondary N) is 2. The smallest absolute Gasteiger partial charge is 0.387 e. The quantitative estimate of drug-likeness (QED) is 0.897. The largest absolute Gasteiger partial charge is 0.435 e. The van der Waals surface area contributed by atoms with Crippen LogP contribution < -0.4 is 10.1 Å². The predicted molar refractivity (Wildman–Crippen MR) is 84.0 cm³/mol. The SMILES string of the molecule is CC1CN(C(=O)c2cn[nH]c2-c2cccc(OC(F)F)c2)CCN1. The second-order valence-corrected chi connectivity index (χ2v) is 5.67. The number of nitrogens with zero attached hydrogens (tertiary/aromatic N) is 2. The van der Waals surface area contributed by atoms with Gasteiger partial charge in [-0.05, 0) is 19.1 Å². The molecule has 1 amide bonds. The minimum Gasteiger partial charge on any atom is -0.435 e. The third-order valence-corrected chi connectivity index (χ3v) is 3.87. The Morgan fingerprint density at radius 1 is 1.46 bits per heavy atom. The van der Waals surface area contributed by atoms with Gasteiger partial charge in [0.25, 0.3) is 5.91 Å². The Morgan fingerprint density at radius 2 is 2.29 bits per heavy atom. The van der Waals surface area contributed by atoms with Crippen LogP contribution in [0.4, 0.5) is 8.78 Å². The minimum atomic E-state index is -2.90. The summed E-state index contributed by atoms with van der Waals surface area (Å²) >= 11 is 0. The van der Waals surface area contributed by atoms with Crippen molar-refractivity contribution < 1.29 is 18.3 Å². The number of benzene rings is 1. The van der Waals surface area contributed by atoms with Crippen LogP contribution in [0.15, 0.2) is 30.5 Å². The van der Waals surface area contributed by atoms with Crippen molar-refractivity contribution >= 4 is 5.91 Å². The van der Waals surface area contributed by atoms with Crippen LogP contribution in [0.3, 0.4) is 0 Å². The van der Waals surface area contributed by atoms with Gasteiger partial charge in [-0.25, -0.2) is 0 Å². The lowest BCUT2D eigenvalue weighted by molar-refractivity contribution is -0.0498. The lowest BCUT2D eigenvalue weighted by atomic mass is 10.1. The van der Waals surface area contributed by atoms with Gasteiger partial charge >= 0.3 is 6.61 Å². The second-order valence-electron chi connectivity index (χ2n) is 5.67. The van der Waals surface area contributed by atoms with E-state index in [-0.39, 0.29) is 17.7 Å². The molecule has 128 valence electrons. The molecule has 8 heteroatoms. The van der Waals surface area contributed by atoms with Crippen LogP contribution in [0.1, 0.15) is 17.3 Å². The van der Waals surface area contributed by atoms with Crippen LogP contribution in [0, 0.1) is 0 Å². The molecule has 2 aromatic rings. The third-order valence-electron chi connectivity index (χ3n) is 3.87. The number of hydrogen-bond acceptors (Lipinski definition) is 4. The molecule has 0 bridgehead atoms. The number of carbonyl (C=O) groups excluding carboxylic acids is 1. The van der Waals surface area contributed by atoms with Crippen molar-refractivity contribution in [1.29, 1.82) is 0 Å². The molecule has 1 saturated heterocycles. The molecule has 24 heavy (non-hydrogen) atoms. The molecular weight excluding hydrogens is 318 g/mol. The van der Waals surface area contributed by atoms with E-state index in [1.54, 1.807) is 17.0 Å². The Bertz CT molecular complexity index is 720. The molecule has 3 rings (SSSR count). The van der Waals surface area contributed by atoms with Gasteiger partial charge in [0.2, 0.25) is 0 Å². The highest BCUT2D eigenvalue weighted by molar-refractivity contribution is 5.99. The van der Waals surface area contributed by atoms with E-state index in [1.165, 1.54) is 18.3 Å². The van der Waals surface area contributed by atoms with Crippen LogP contribution in [0.5, 0.6) is 5.75 Å². The number of ether oxygens (including phenoxy) is 1. The molecule has 0 saturated carbocycles. The van der Waals surface area contributed by atoms with E-state index in [9.17, 15) is 13.6 Å².